The van der Waals surface area contributed by atoms with Gasteiger partial charge >= 0.3 is 0 Å². The van der Waals surface area contributed by atoms with Gasteiger partial charge in [-0.25, -0.2) is 4.98 Å². The van der Waals surface area contributed by atoms with Gasteiger partial charge in [0.1, 0.15) is 6.04 Å². The zero-order valence-electron chi connectivity index (χ0n) is 16.3. The van der Waals surface area contributed by atoms with Crippen LogP contribution in [-0.4, -0.2) is 62.6 Å². The van der Waals surface area contributed by atoms with Gasteiger partial charge in [0, 0.05) is 43.8 Å². The zero-order chi connectivity index (χ0) is 19.8. The van der Waals surface area contributed by atoms with Gasteiger partial charge in [0.2, 0.25) is 5.91 Å². The van der Waals surface area contributed by atoms with Crippen molar-refractivity contribution in [2.24, 2.45) is 0 Å². The van der Waals surface area contributed by atoms with E-state index in [-0.39, 0.29) is 11.8 Å². The number of rotatable bonds is 3. The number of hydrogen-bond donors (Lipinski definition) is 0. The molecule has 1 unspecified atom stereocenters. The summed E-state index contributed by atoms with van der Waals surface area (Å²) in [6.07, 6.45) is 3.68. The van der Waals surface area contributed by atoms with Crippen LogP contribution in [0.3, 0.4) is 0 Å². The SMILES string of the molecule is CCn1cc(-c2cc(C(=O)N3CCN(C)C(=O)C3C)c3ccccc3n2)cn1. The molecule has 1 aliphatic rings. The van der Waals surface area contributed by atoms with Crippen molar-refractivity contribution in [3.8, 4) is 11.3 Å². The first-order valence-electron chi connectivity index (χ1n) is 9.48. The number of aryl methyl sites for hydroxylation is 1. The molecule has 0 saturated carbocycles. The first-order chi connectivity index (χ1) is 13.5. The van der Waals surface area contributed by atoms with Gasteiger partial charge in [0.15, 0.2) is 0 Å². The molecule has 1 fully saturated rings. The first kappa shape index (κ1) is 18.2. The average molecular weight is 377 g/mol. The van der Waals surface area contributed by atoms with Crippen molar-refractivity contribution >= 4 is 22.7 Å². The van der Waals surface area contributed by atoms with Crippen LogP contribution in [0.1, 0.15) is 24.2 Å². The number of fused-ring (bicyclic) bond motifs is 1. The fourth-order valence-electron chi connectivity index (χ4n) is 3.61. The van der Waals surface area contributed by atoms with Crippen LogP contribution in [0.25, 0.3) is 22.2 Å². The van der Waals surface area contributed by atoms with Gasteiger partial charge in [-0.15, -0.1) is 0 Å². The second-order valence-electron chi connectivity index (χ2n) is 7.09. The second-order valence-corrected chi connectivity index (χ2v) is 7.09. The summed E-state index contributed by atoms with van der Waals surface area (Å²) < 4.78 is 1.83. The maximum atomic E-state index is 13.4. The summed E-state index contributed by atoms with van der Waals surface area (Å²) >= 11 is 0. The lowest BCUT2D eigenvalue weighted by atomic mass is 10.0. The number of para-hydroxylation sites is 1. The van der Waals surface area contributed by atoms with Crippen LogP contribution in [0, 0.1) is 0 Å². The molecule has 7 nitrogen and oxygen atoms in total. The number of carbonyl (C=O) groups is 2. The van der Waals surface area contributed by atoms with E-state index in [9.17, 15) is 9.59 Å². The normalized spacial score (nSPS) is 17.4. The third-order valence-corrected chi connectivity index (χ3v) is 5.34. The van der Waals surface area contributed by atoms with Crippen molar-refractivity contribution in [2.45, 2.75) is 26.4 Å². The summed E-state index contributed by atoms with van der Waals surface area (Å²) in [5.74, 6) is -0.181. The summed E-state index contributed by atoms with van der Waals surface area (Å²) in [5.41, 5.74) is 2.88. The first-order valence-corrected chi connectivity index (χ1v) is 9.48. The number of nitrogens with zero attached hydrogens (tertiary/aromatic N) is 5. The number of carbonyl (C=O) groups excluding carboxylic acids is 2. The van der Waals surface area contributed by atoms with E-state index in [1.165, 1.54) is 0 Å². The Morgan fingerprint density at radius 3 is 2.79 bits per heavy atom. The Bertz CT molecular complexity index is 1060. The number of hydrogen-bond acceptors (Lipinski definition) is 4. The molecule has 1 aliphatic heterocycles. The Kier molecular flexibility index (Phi) is 4.58. The largest absolute Gasteiger partial charge is 0.342 e. The van der Waals surface area contributed by atoms with Gasteiger partial charge in [0.25, 0.3) is 5.91 Å². The number of pyridine rings is 1. The molecule has 1 atom stereocenters. The van der Waals surface area contributed by atoms with E-state index in [1.54, 1.807) is 30.0 Å². The fourth-order valence-corrected chi connectivity index (χ4v) is 3.61. The predicted octanol–water partition coefficient (Wildman–Crippen LogP) is 2.42. The van der Waals surface area contributed by atoms with E-state index in [2.05, 4.69) is 5.10 Å². The van der Waals surface area contributed by atoms with Crippen LogP contribution in [0.2, 0.25) is 0 Å². The van der Waals surface area contributed by atoms with Crippen LogP contribution in [0.5, 0.6) is 0 Å². The van der Waals surface area contributed by atoms with E-state index >= 15 is 0 Å². The fraction of sp³-hybridized carbons (Fsp3) is 0.333. The lowest BCUT2D eigenvalue weighted by molar-refractivity contribution is -0.137. The molecule has 7 heteroatoms. The zero-order valence-corrected chi connectivity index (χ0v) is 16.3. The average Bonchev–Trinajstić information content (AvgIpc) is 3.20. The monoisotopic (exact) mass is 377 g/mol. The summed E-state index contributed by atoms with van der Waals surface area (Å²) in [4.78, 5) is 33.9. The van der Waals surface area contributed by atoms with Crippen LogP contribution >= 0.6 is 0 Å². The molecule has 2 aromatic heterocycles. The third kappa shape index (κ3) is 3.02. The third-order valence-electron chi connectivity index (χ3n) is 5.34. The Hall–Kier alpha value is -3.22. The molecule has 144 valence electrons. The van der Waals surface area contributed by atoms with E-state index in [1.807, 2.05) is 48.1 Å². The summed E-state index contributed by atoms with van der Waals surface area (Å²) in [5, 5.41) is 5.11. The Labute approximate surface area is 163 Å². The molecule has 0 spiro atoms. The molecule has 3 aromatic rings. The Balaban J connectivity index is 1.81. The highest BCUT2D eigenvalue weighted by Crippen LogP contribution is 2.27. The van der Waals surface area contributed by atoms with E-state index in [0.717, 1.165) is 23.0 Å². The van der Waals surface area contributed by atoms with Crippen molar-refractivity contribution < 1.29 is 9.59 Å². The minimum Gasteiger partial charge on any atom is -0.342 e. The summed E-state index contributed by atoms with van der Waals surface area (Å²) in [6, 6.07) is 8.94. The van der Waals surface area contributed by atoms with Crippen LogP contribution in [0.15, 0.2) is 42.7 Å². The molecule has 1 saturated heterocycles. The molecule has 0 bridgehead atoms. The van der Waals surface area contributed by atoms with Gasteiger partial charge in [-0.05, 0) is 26.0 Å². The van der Waals surface area contributed by atoms with E-state index in [4.69, 9.17) is 4.98 Å². The summed E-state index contributed by atoms with van der Waals surface area (Å²) in [6.45, 7) is 5.62. The highest BCUT2D eigenvalue weighted by Gasteiger charge is 2.33. The molecule has 0 aliphatic carbocycles. The van der Waals surface area contributed by atoms with Crippen molar-refractivity contribution in [3.63, 3.8) is 0 Å². The minimum atomic E-state index is -0.482. The van der Waals surface area contributed by atoms with Gasteiger partial charge in [0.05, 0.1) is 23.0 Å². The standard InChI is InChI=1S/C21H23N5O2/c1-4-25-13-15(12-22-25)19-11-17(16-7-5-6-8-18(16)23-19)21(28)26-10-9-24(3)20(27)14(26)2/h5-8,11-14H,4,9-10H2,1-3H3. The highest BCUT2D eigenvalue weighted by molar-refractivity contribution is 6.08. The molecular weight excluding hydrogens is 354 g/mol. The van der Waals surface area contributed by atoms with Crippen molar-refractivity contribution in [2.75, 3.05) is 20.1 Å². The van der Waals surface area contributed by atoms with Crippen LogP contribution < -0.4 is 0 Å². The number of likely N-dealkylation sites (N-methyl/N-ethyl adjacent to an activating group) is 1. The number of aromatic nitrogens is 3. The molecule has 4 rings (SSSR count). The molecule has 0 radical (unpaired) electrons. The van der Waals surface area contributed by atoms with Gasteiger partial charge < -0.3 is 9.80 Å². The lowest BCUT2D eigenvalue weighted by Crippen LogP contribution is -2.56. The molecule has 2 amide bonds. The molecule has 0 N–H and O–H groups in total. The minimum absolute atomic E-state index is 0.0394. The molecule has 28 heavy (non-hydrogen) atoms. The predicted molar refractivity (Wildman–Crippen MR) is 107 cm³/mol. The van der Waals surface area contributed by atoms with E-state index < -0.39 is 6.04 Å². The lowest BCUT2D eigenvalue weighted by Gasteiger charge is -2.37. The second kappa shape index (κ2) is 7.07. The quantitative estimate of drug-likeness (QED) is 0.703. The van der Waals surface area contributed by atoms with Gasteiger partial charge in [-0.3, -0.25) is 14.3 Å². The smallest absolute Gasteiger partial charge is 0.255 e. The maximum absolute atomic E-state index is 13.4. The molecule has 1 aromatic carbocycles. The van der Waals surface area contributed by atoms with Crippen molar-refractivity contribution in [1.82, 2.24) is 24.6 Å². The van der Waals surface area contributed by atoms with Gasteiger partial charge in [-0.2, -0.15) is 5.10 Å². The van der Waals surface area contributed by atoms with Crippen LogP contribution in [0.4, 0.5) is 0 Å². The van der Waals surface area contributed by atoms with Crippen LogP contribution in [-0.2, 0) is 11.3 Å². The molecular formula is C21H23N5O2. The van der Waals surface area contributed by atoms with Crippen molar-refractivity contribution in [3.05, 3.63) is 48.3 Å². The molecule has 3 heterocycles. The maximum Gasteiger partial charge on any atom is 0.255 e. The topological polar surface area (TPSA) is 71.3 Å². The highest BCUT2D eigenvalue weighted by atomic mass is 16.2. The number of amides is 2. The number of benzene rings is 1. The van der Waals surface area contributed by atoms with E-state index in [0.29, 0.717) is 24.3 Å². The van der Waals surface area contributed by atoms with Crippen molar-refractivity contribution in [1.29, 1.82) is 0 Å². The Morgan fingerprint density at radius 2 is 2.04 bits per heavy atom. The number of piperazine rings is 1. The summed E-state index contributed by atoms with van der Waals surface area (Å²) in [7, 11) is 1.77. The van der Waals surface area contributed by atoms with Gasteiger partial charge in [-0.1, -0.05) is 18.2 Å². The Morgan fingerprint density at radius 1 is 1.25 bits per heavy atom.